The Balaban J connectivity index is 2.20. The van der Waals surface area contributed by atoms with E-state index in [-0.39, 0.29) is 23.7 Å². The third kappa shape index (κ3) is 5.19. The van der Waals surface area contributed by atoms with Crippen molar-refractivity contribution in [3.05, 3.63) is 23.8 Å². The van der Waals surface area contributed by atoms with Crippen molar-refractivity contribution < 1.29 is 32.4 Å². The highest BCUT2D eigenvalue weighted by Crippen LogP contribution is 2.37. The summed E-state index contributed by atoms with van der Waals surface area (Å²) in [5.74, 6) is -2.41. The van der Waals surface area contributed by atoms with E-state index in [4.69, 9.17) is 24.5 Å². The van der Waals surface area contributed by atoms with Gasteiger partial charge < -0.3 is 24.5 Å². The molecule has 0 unspecified atom stereocenters. The maximum absolute atomic E-state index is 14.7. The number of primary amides is 1. The first-order valence-electron chi connectivity index (χ1n) is 9.62. The summed E-state index contributed by atoms with van der Waals surface area (Å²) in [5, 5.41) is 0. The van der Waals surface area contributed by atoms with E-state index >= 15 is 0 Å². The fraction of sp³-hybridized carbons (Fsp3) is 0.650. The number of nitrogens with two attached hydrogens (primary N) is 1. The molecule has 1 heterocycles. The topological polar surface area (TPSA) is 80.0 Å². The zero-order valence-electron chi connectivity index (χ0n) is 18.1. The molecule has 0 spiro atoms. The molecule has 1 aliphatic rings. The summed E-state index contributed by atoms with van der Waals surface area (Å²) in [6, 6.07) is 2.67. The number of benzene rings is 1. The Morgan fingerprint density at radius 1 is 1.17 bits per heavy atom. The zero-order chi connectivity index (χ0) is 22.2. The minimum absolute atomic E-state index is 0.0492. The summed E-state index contributed by atoms with van der Waals surface area (Å²) in [4.78, 5) is 11.2. The highest BCUT2D eigenvalue weighted by atomic mass is 19.2. The van der Waals surface area contributed by atoms with Crippen molar-refractivity contribution in [2.45, 2.75) is 71.7 Å². The van der Waals surface area contributed by atoms with Gasteiger partial charge in [0.15, 0.2) is 17.4 Å². The Labute approximate surface area is 171 Å². The van der Waals surface area contributed by atoms with Gasteiger partial charge in [-0.2, -0.15) is 4.39 Å². The second-order valence-corrected chi connectivity index (χ2v) is 9.13. The summed E-state index contributed by atoms with van der Waals surface area (Å²) in [7, 11) is -1.03. The molecule has 1 saturated heterocycles. The van der Waals surface area contributed by atoms with Crippen LogP contribution in [0.3, 0.4) is 0 Å². The minimum atomic E-state index is -1.16. The van der Waals surface area contributed by atoms with Crippen molar-refractivity contribution in [1.29, 1.82) is 0 Å². The Morgan fingerprint density at radius 3 is 2.21 bits per heavy atom. The van der Waals surface area contributed by atoms with Crippen LogP contribution in [-0.2, 0) is 14.0 Å². The van der Waals surface area contributed by atoms with E-state index < -0.39 is 41.6 Å². The Hall–Kier alpha value is -1.87. The van der Waals surface area contributed by atoms with Gasteiger partial charge in [-0.15, -0.1) is 0 Å². The number of ether oxygens (including phenoxy) is 2. The van der Waals surface area contributed by atoms with Gasteiger partial charge in [0.05, 0.1) is 11.2 Å². The smallest absolute Gasteiger partial charge is 0.486 e. The van der Waals surface area contributed by atoms with E-state index in [0.717, 1.165) is 0 Å². The van der Waals surface area contributed by atoms with Crippen LogP contribution in [0, 0.1) is 17.6 Å². The van der Waals surface area contributed by atoms with Gasteiger partial charge in [0.1, 0.15) is 12.2 Å². The Kier molecular flexibility index (Phi) is 6.54. The van der Waals surface area contributed by atoms with Crippen LogP contribution in [0.15, 0.2) is 12.1 Å². The molecule has 0 saturated carbocycles. The quantitative estimate of drug-likeness (QED) is 0.692. The third-order valence-corrected chi connectivity index (χ3v) is 5.30. The van der Waals surface area contributed by atoms with Crippen LogP contribution in [0.1, 0.15) is 54.9 Å². The lowest BCUT2D eigenvalue weighted by Crippen LogP contribution is -2.41. The summed E-state index contributed by atoms with van der Waals surface area (Å²) < 4.78 is 51.6. The SMILES string of the molecule is CC(C)C[C@@](C)(COc1ccc(B2OC(C)(C)C(C)(C)O2)c(F)c1F)OC(N)=O. The molecule has 162 valence electrons. The highest BCUT2D eigenvalue weighted by Gasteiger charge is 2.52. The molecule has 6 nitrogen and oxygen atoms in total. The van der Waals surface area contributed by atoms with Crippen LogP contribution in [0.5, 0.6) is 5.75 Å². The first-order chi connectivity index (χ1) is 13.2. The van der Waals surface area contributed by atoms with Gasteiger partial charge in [-0.3, -0.25) is 0 Å². The van der Waals surface area contributed by atoms with Crippen molar-refractivity contribution in [2.24, 2.45) is 11.7 Å². The predicted octanol–water partition coefficient (Wildman–Crippen LogP) is 3.54. The lowest BCUT2D eigenvalue weighted by atomic mass is 9.78. The lowest BCUT2D eigenvalue weighted by Gasteiger charge is -2.32. The molecule has 0 aliphatic carbocycles. The molecule has 2 N–H and O–H groups in total. The number of hydrogen-bond donors (Lipinski definition) is 1. The first-order valence-corrected chi connectivity index (χ1v) is 9.62. The standard InChI is InChI=1S/C20H30BF2NO5/c1-12(2)10-20(7,27-17(24)25)11-26-14-9-8-13(15(22)16(14)23)21-28-18(3,4)19(5,6)29-21/h8-9,12H,10-11H2,1-7H3,(H2,24,25)/t20-/m0/s1. The zero-order valence-corrected chi connectivity index (χ0v) is 18.1. The summed E-state index contributed by atoms with van der Waals surface area (Å²) >= 11 is 0. The predicted molar refractivity (Wildman–Crippen MR) is 106 cm³/mol. The lowest BCUT2D eigenvalue weighted by molar-refractivity contribution is -0.0195. The summed E-state index contributed by atoms with van der Waals surface area (Å²) in [5.41, 5.74) is 2.65. The molecule has 0 radical (unpaired) electrons. The first kappa shape index (κ1) is 23.4. The number of halogens is 2. The number of rotatable bonds is 7. The van der Waals surface area contributed by atoms with Gasteiger partial charge in [0.25, 0.3) is 0 Å². The molecule has 1 aliphatic heterocycles. The van der Waals surface area contributed by atoms with Crippen molar-refractivity contribution in [3.8, 4) is 5.75 Å². The molecule has 0 bridgehead atoms. The Bertz CT molecular complexity index is 755. The van der Waals surface area contributed by atoms with Crippen LogP contribution in [0.2, 0.25) is 0 Å². The van der Waals surface area contributed by atoms with Gasteiger partial charge in [0.2, 0.25) is 0 Å². The molecule has 29 heavy (non-hydrogen) atoms. The maximum Gasteiger partial charge on any atom is 0.497 e. The van der Waals surface area contributed by atoms with Gasteiger partial charge in [-0.25, -0.2) is 9.18 Å². The van der Waals surface area contributed by atoms with E-state index in [1.165, 1.54) is 12.1 Å². The monoisotopic (exact) mass is 413 g/mol. The van der Waals surface area contributed by atoms with Crippen molar-refractivity contribution in [3.63, 3.8) is 0 Å². The second-order valence-electron chi connectivity index (χ2n) is 9.13. The average Bonchev–Trinajstić information content (AvgIpc) is 2.75. The molecule has 0 aromatic heterocycles. The Morgan fingerprint density at radius 2 is 1.72 bits per heavy atom. The minimum Gasteiger partial charge on any atom is -0.486 e. The largest absolute Gasteiger partial charge is 0.497 e. The van der Waals surface area contributed by atoms with Crippen LogP contribution in [0.4, 0.5) is 13.6 Å². The van der Waals surface area contributed by atoms with Crippen LogP contribution in [0.25, 0.3) is 0 Å². The molecule has 1 aromatic carbocycles. The van der Waals surface area contributed by atoms with E-state index in [9.17, 15) is 13.6 Å². The van der Waals surface area contributed by atoms with Crippen LogP contribution in [-0.4, -0.2) is 36.6 Å². The molecule has 1 atom stereocenters. The second kappa shape index (κ2) is 8.10. The maximum atomic E-state index is 14.7. The van der Waals surface area contributed by atoms with E-state index in [2.05, 4.69) is 0 Å². The molecule has 1 fully saturated rings. The van der Waals surface area contributed by atoms with E-state index in [1.54, 1.807) is 6.92 Å². The highest BCUT2D eigenvalue weighted by molar-refractivity contribution is 6.62. The normalized spacial score (nSPS) is 19.9. The van der Waals surface area contributed by atoms with E-state index in [0.29, 0.717) is 6.42 Å². The van der Waals surface area contributed by atoms with E-state index in [1.807, 2.05) is 41.5 Å². The third-order valence-electron chi connectivity index (χ3n) is 5.30. The van der Waals surface area contributed by atoms with Gasteiger partial charge in [-0.1, -0.05) is 19.9 Å². The molecule has 9 heteroatoms. The number of carbonyl (C=O) groups excluding carboxylic acids is 1. The molecular weight excluding hydrogens is 383 g/mol. The fourth-order valence-electron chi connectivity index (χ4n) is 3.28. The number of carbonyl (C=O) groups is 1. The van der Waals surface area contributed by atoms with Crippen molar-refractivity contribution in [1.82, 2.24) is 0 Å². The average molecular weight is 413 g/mol. The van der Waals surface area contributed by atoms with Crippen LogP contribution < -0.4 is 15.9 Å². The molecular formula is C20H30BF2NO5. The van der Waals surface area contributed by atoms with Gasteiger partial charge in [0, 0.05) is 5.46 Å². The fourth-order valence-corrected chi connectivity index (χ4v) is 3.28. The van der Waals surface area contributed by atoms with Gasteiger partial charge >= 0.3 is 13.2 Å². The summed E-state index contributed by atoms with van der Waals surface area (Å²) in [6.45, 7) is 12.6. The van der Waals surface area contributed by atoms with Crippen molar-refractivity contribution >= 4 is 18.7 Å². The molecule has 2 rings (SSSR count). The van der Waals surface area contributed by atoms with Crippen LogP contribution >= 0.6 is 0 Å². The molecule has 1 aromatic rings. The van der Waals surface area contributed by atoms with Crippen molar-refractivity contribution in [2.75, 3.05) is 6.61 Å². The summed E-state index contributed by atoms with van der Waals surface area (Å²) in [6.07, 6.45) is -0.522. The number of hydrogen-bond acceptors (Lipinski definition) is 5. The van der Waals surface area contributed by atoms with Gasteiger partial charge in [-0.05, 0) is 53.0 Å². The number of amides is 1. The molecule has 1 amide bonds.